The van der Waals surface area contributed by atoms with Crippen LogP contribution in [0.4, 0.5) is 0 Å². The van der Waals surface area contributed by atoms with Gasteiger partial charge >= 0.3 is 0 Å². The number of rotatable bonds is 6. The van der Waals surface area contributed by atoms with Crippen LogP contribution in [0.15, 0.2) is 42.5 Å². The molecule has 3 rings (SSSR count). The van der Waals surface area contributed by atoms with Gasteiger partial charge in [0.05, 0.1) is 20.8 Å². The Morgan fingerprint density at radius 3 is 2.38 bits per heavy atom. The maximum atomic E-state index is 12.6. The molecular formula is C21H27N2O3+. The molecule has 0 saturated heterocycles. The molecular weight excluding hydrogens is 328 g/mol. The van der Waals surface area contributed by atoms with Gasteiger partial charge in [-0.05, 0) is 23.3 Å². The summed E-state index contributed by atoms with van der Waals surface area (Å²) in [6, 6.07) is 14.2. The van der Waals surface area contributed by atoms with Crippen LogP contribution in [-0.2, 0) is 24.3 Å². The first-order valence-electron chi connectivity index (χ1n) is 8.96. The van der Waals surface area contributed by atoms with Crippen LogP contribution in [-0.4, -0.2) is 45.2 Å². The highest BCUT2D eigenvalue weighted by atomic mass is 16.5. The number of quaternary nitrogens is 1. The highest BCUT2D eigenvalue weighted by Gasteiger charge is 2.25. The minimum atomic E-state index is 0.174. The topological polar surface area (TPSA) is 43.2 Å². The van der Waals surface area contributed by atoms with Gasteiger partial charge in [0, 0.05) is 25.6 Å². The molecule has 1 aliphatic heterocycles. The molecule has 2 aromatic carbocycles. The number of amides is 1. The van der Waals surface area contributed by atoms with Gasteiger partial charge in [-0.1, -0.05) is 30.3 Å². The Balaban J connectivity index is 1.62. The van der Waals surface area contributed by atoms with Crippen molar-refractivity contribution in [3.63, 3.8) is 0 Å². The molecule has 0 aliphatic carbocycles. The third-order valence-corrected chi connectivity index (χ3v) is 4.98. The minimum absolute atomic E-state index is 0.174. The molecule has 1 unspecified atom stereocenters. The van der Waals surface area contributed by atoms with Gasteiger partial charge in [-0.2, -0.15) is 0 Å². The van der Waals surface area contributed by atoms with Crippen molar-refractivity contribution in [1.82, 2.24) is 4.90 Å². The van der Waals surface area contributed by atoms with Gasteiger partial charge in [0.2, 0.25) is 0 Å². The largest absolute Gasteiger partial charge is 0.493 e. The Kier molecular flexibility index (Phi) is 5.78. The molecule has 138 valence electrons. The van der Waals surface area contributed by atoms with Gasteiger partial charge in [-0.15, -0.1) is 0 Å². The van der Waals surface area contributed by atoms with Crippen LogP contribution in [0.3, 0.4) is 0 Å². The van der Waals surface area contributed by atoms with E-state index in [1.807, 2.05) is 48.3 Å². The van der Waals surface area contributed by atoms with Crippen molar-refractivity contribution < 1.29 is 19.2 Å². The summed E-state index contributed by atoms with van der Waals surface area (Å²) >= 11 is 0. The molecule has 0 fully saturated rings. The first kappa shape index (κ1) is 18.3. The minimum Gasteiger partial charge on any atom is -0.493 e. The standard InChI is InChI=1S/C21H26N2O3/c1-22(13-16-7-5-4-6-8-16)21(24)15-23-10-9-17-11-19(25-2)20(26-3)12-18(17)14-23/h4-8,11-12H,9-10,13-15H2,1-3H3/p+1. The molecule has 1 aliphatic rings. The summed E-state index contributed by atoms with van der Waals surface area (Å²) in [7, 11) is 5.19. The number of ether oxygens (including phenoxy) is 2. The first-order valence-corrected chi connectivity index (χ1v) is 8.96. The van der Waals surface area contributed by atoms with E-state index in [0.717, 1.165) is 36.6 Å². The van der Waals surface area contributed by atoms with Gasteiger partial charge in [-0.3, -0.25) is 4.79 Å². The van der Waals surface area contributed by atoms with E-state index in [9.17, 15) is 4.79 Å². The van der Waals surface area contributed by atoms with Crippen LogP contribution in [0.5, 0.6) is 11.5 Å². The summed E-state index contributed by atoms with van der Waals surface area (Å²) in [4.78, 5) is 15.7. The van der Waals surface area contributed by atoms with Crippen LogP contribution in [0, 0.1) is 0 Å². The SMILES string of the molecule is COc1cc2c(cc1OC)C[NH+](CC(=O)N(C)Cc1ccccc1)CC2. The van der Waals surface area contributed by atoms with Crippen LogP contribution in [0.2, 0.25) is 0 Å². The number of likely N-dealkylation sites (N-methyl/N-ethyl adjacent to an activating group) is 1. The maximum Gasteiger partial charge on any atom is 0.277 e. The van der Waals surface area contributed by atoms with Crippen molar-refractivity contribution in [2.45, 2.75) is 19.5 Å². The number of methoxy groups -OCH3 is 2. The fraction of sp³-hybridized carbons (Fsp3) is 0.381. The zero-order chi connectivity index (χ0) is 18.5. The summed E-state index contributed by atoms with van der Waals surface area (Å²) in [5, 5.41) is 0. The number of benzene rings is 2. The maximum absolute atomic E-state index is 12.6. The van der Waals surface area contributed by atoms with Crippen LogP contribution in [0.25, 0.3) is 0 Å². The molecule has 1 amide bonds. The zero-order valence-electron chi connectivity index (χ0n) is 15.7. The third-order valence-electron chi connectivity index (χ3n) is 4.98. The van der Waals surface area contributed by atoms with Gasteiger partial charge in [0.25, 0.3) is 5.91 Å². The second-order valence-electron chi connectivity index (χ2n) is 6.81. The van der Waals surface area contributed by atoms with E-state index < -0.39 is 0 Å². The monoisotopic (exact) mass is 355 g/mol. The summed E-state index contributed by atoms with van der Waals surface area (Å²) < 4.78 is 10.8. The Labute approximate surface area is 155 Å². The van der Waals surface area contributed by atoms with E-state index in [2.05, 4.69) is 6.07 Å². The van der Waals surface area contributed by atoms with E-state index in [-0.39, 0.29) is 5.91 Å². The fourth-order valence-electron chi connectivity index (χ4n) is 3.47. The van der Waals surface area contributed by atoms with Crippen LogP contribution < -0.4 is 14.4 Å². The number of carbonyl (C=O) groups is 1. The van der Waals surface area contributed by atoms with E-state index in [0.29, 0.717) is 13.1 Å². The van der Waals surface area contributed by atoms with E-state index in [4.69, 9.17) is 9.47 Å². The summed E-state index contributed by atoms with van der Waals surface area (Å²) in [6.07, 6.45) is 0.945. The zero-order valence-corrected chi connectivity index (χ0v) is 15.7. The second kappa shape index (κ2) is 8.23. The normalized spacial score (nSPS) is 15.9. The molecule has 26 heavy (non-hydrogen) atoms. The average molecular weight is 355 g/mol. The molecule has 0 radical (unpaired) electrons. The number of carbonyl (C=O) groups excluding carboxylic acids is 1. The van der Waals surface area contributed by atoms with Crippen LogP contribution in [0.1, 0.15) is 16.7 Å². The number of nitrogens with one attached hydrogen (secondary N) is 1. The average Bonchev–Trinajstić information content (AvgIpc) is 2.67. The van der Waals surface area contributed by atoms with Gasteiger partial charge in [0.1, 0.15) is 6.54 Å². The lowest BCUT2D eigenvalue weighted by atomic mass is 9.99. The third kappa shape index (κ3) is 4.17. The molecule has 5 heteroatoms. The Morgan fingerprint density at radius 1 is 1.08 bits per heavy atom. The van der Waals surface area contributed by atoms with Crippen molar-refractivity contribution in [2.75, 3.05) is 34.4 Å². The lowest BCUT2D eigenvalue weighted by Crippen LogP contribution is -3.12. The summed E-state index contributed by atoms with van der Waals surface area (Å²) in [5.74, 6) is 1.70. The summed E-state index contributed by atoms with van der Waals surface area (Å²) in [5.41, 5.74) is 3.68. The highest BCUT2D eigenvalue weighted by Crippen LogP contribution is 2.31. The first-order chi connectivity index (χ1) is 12.6. The Bertz CT molecular complexity index is 761. The van der Waals surface area contributed by atoms with Gasteiger partial charge in [0.15, 0.2) is 18.0 Å². The predicted octanol–water partition coefficient (Wildman–Crippen LogP) is 1.30. The molecule has 0 bridgehead atoms. The molecule has 0 saturated carbocycles. The molecule has 2 aromatic rings. The molecule has 1 N–H and O–H groups in total. The molecule has 1 atom stereocenters. The lowest BCUT2D eigenvalue weighted by Gasteiger charge is -2.28. The van der Waals surface area contributed by atoms with Crippen molar-refractivity contribution in [3.8, 4) is 11.5 Å². The lowest BCUT2D eigenvalue weighted by molar-refractivity contribution is -0.908. The van der Waals surface area contributed by atoms with E-state index in [1.54, 1.807) is 14.2 Å². The predicted molar refractivity (Wildman–Crippen MR) is 101 cm³/mol. The molecule has 5 nitrogen and oxygen atoms in total. The second-order valence-corrected chi connectivity index (χ2v) is 6.81. The Morgan fingerprint density at radius 2 is 1.73 bits per heavy atom. The van der Waals surface area contributed by atoms with Gasteiger partial charge in [-0.25, -0.2) is 0 Å². The quantitative estimate of drug-likeness (QED) is 0.850. The number of nitrogens with zero attached hydrogens (tertiary/aromatic N) is 1. The molecule has 0 aromatic heterocycles. The molecule has 0 spiro atoms. The van der Waals surface area contributed by atoms with Crippen molar-refractivity contribution in [3.05, 3.63) is 59.2 Å². The van der Waals surface area contributed by atoms with Crippen molar-refractivity contribution in [2.24, 2.45) is 0 Å². The van der Waals surface area contributed by atoms with E-state index in [1.165, 1.54) is 16.0 Å². The van der Waals surface area contributed by atoms with Gasteiger partial charge < -0.3 is 19.3 Å². The van der Waals surface area contributed by atoms with Crippen LogP contribution >= 0.6 is 0 Å². The number of hydrogen-bond acceptors (Lipinski definition) is 3. The fourth-order valence-corrected chi connectivity index (χ4v) is 3.47. The van der Waals surface area contributed by atoms with Crippen molar-refractivity contribution >= 4 is 5.91 Å². The smallest absolute Gasteiger partial charge is 0.277 e. The van der Waals surface area contributed by atoms with E-state index >= 15 is 0 Å². The summed E-state index contributed by atoms with van der Waals surface area (Å²) in [6.45, 7) is 2.94. The molecule has 1 heterocycles. The highest BCUT2D eigenvalue weighted by molar-refractivity contribution is 5.76. The number of hydrogen-bond donors (Lipinski definition) is 1. The van der Waals surface area contributed by atoms with Crippen molar-refractivity contribution in [1.29, 1.82) is 0 Å². The Hall–Kier alpha value is -2.53. The number of fused-ring (bicyclic) bond motifs is 1.